The molecular formula is C15H24N2O3. The molecule has 1 aliphatic heterocycles. The Labute approximate surface area is 120 Å². The molecule has 0 saturated carbocycles. The van der Waals surface area contributed by atoms with Crippen molar-refractivity contribution >= 4 is 11.9 Å². The summed E-state index contributed by atoms with van der Waals surface area (Å²) >= 11 is 0. The molecule has 0 radical (unpaired) electrons. The maximum absolute atomic E-state index is 12.3. The summed E-state index contributed by atoms with van der Waals surface area (Å²) in [5.41, 5.74) is 0. The number of carbonyl (C=O) groups excluding carboxylic acids is 1. The van der Waals surface area contributed by atoms with Gasteiger partial charge in [0.2, 0.25) is 5.91 Å². The molecule has 1 aliphatic carbocycles. The molecule has 1 fully saturated rings. The van der Waals surface area contributed by atoms with E-state index in [1.54, 1.807) is 0 Å². The first-order valence-corrected chi connectivity index (χ1v) is 7.52. The van der Waals surface area contributed by atoms with Crippen molar-refractivity contribution in [3.05, 3.63) is 12.2 Å². The topological polar surface area (TPSA) is 69.6 Å². The van der Waals surface area contributed by atoms with Gasteiger partial charge in [0.25, 0.3) is 0 Å². The highest BCUT2D eigenvalue weighted by Crippen LogP contribution is 2.26. The molecule has 5 heteroatoms. The molecule has 2 atom stereocenters. The zero-order valence-corrected chi connectivity index (χ0v) is 12.0. The number of amides is 1. The summed E-state index contributed by atoms with van der Waals surface area (Å²) in [6.07, 6.45) is 6.70. The van der Waals surface area contributed by atoms with Crippen molar-refractivity contribution in [3.8, 4) is 0 Å². The summed E-state index contributed by atoms with van der Waals surface area (Å²) < 4.78 is 0. The molecule has 2 N–H and O–H groups in total. The molecule has 5 nitrogen and oxygen atoms in total. The first-order valence-electron chi connectivity index (χ1n) is 7.52. The quantitative estimate of drug-likeness (QED) is 0.761. The smallest absolute Gasteiger partial charge is 0.307 e. The summed E-state index contributed by atoms with van der Waals surface area (Å²) in [6.45, 7) is 5.21. The number of allylic oxidation sites excluding steroid dienone is 2. The van der Waals surface area contributed by atoms with Crippen LogP contribution >= 0.6 is 0 Å². The van der Waals surface area contributed by atoms with E-state index in [2.05, 4.69) is 17.1 Å². The predicted molar refractivity (Wildman–Crippen MR) is 76.3 cm³/mol. The minimum Gasteiger partial charge on any atom is -0.481 e. The lowest BCUT2D eigenvalue weighted by atomic mass is 9.82. The minimum absolute atomic E-state index is 0.0864. The molecule has 2 rings (SSSR count). The molecule has 0 aromatic heterocycles. The number of likely N-dealkylation sites (tertiary alicyclic amines) is 1. The lowest BCUT2D eigenvalue weighted by Gasteiger charge is -2.33. The number of rotatable bonds is 4. The molecule has 0 unspecified atom stereocenters. The van der Waals surface area contributed by atoms with Crippen LogP contribution in [0.15, 0.2) is 12.2 Å². The SMILES string of the molecule is CCN1CCC(NC(=O)[C@H]2CC=CC[C@H]2C(=O)O)CC1. The number of carboxylic acids is 1. The van der Waals surface area contributed by atoms with Gasteiger partial charge >= 0.3 is 5.97 Å². The summed E-state index contributed by atoms with van der Waals surface area (Å²) in [4.78, 5) is 25.9. The fourth-order valence-electron chi connectivity index (χ4n) is 3.08. The number of nitrogens with zero attached hydrogens (tertiary/aromatic N) is 1. The summed E-state index contributed by atoms with van der Waals surface area (Å²) in [5.74, 6) is -1.94. The first kappa shape index (κ1) is 15.0. The first-order chi connectivity index (χ1) is 9.61. The van der Waals surface area contributed by atoms with E-state index in [0.717, 1.165) is 32.5 Å². The van der Waals surface area contributed by atoms with Gasteiger partial charge in [-0.05, 0) is 32.2 Å². The zero-order valence-electron chi connectivity index (χ0n) is 12.0. The highest BCUT2D eigenvalue weighted by atomic mass is 16.4. The number of piperidine rings is 1. The van der Waals surface area contributed by atoms with Gasteiger partial charge < -0.3 is 15.3 Å². The van der Waals surface area contributed by atoms with E-state index in [1.165, 1.54) is 0 Å². The summed E-state index contributed by atoms with van der Waals surface area (Å²) in [5, 5.41) is 12.3. The van der Waals surface area contributed by atoms with Crippen LogP contribution in [0.1, 0.15) is 32.6 Å². The molecule has 2 aliphatic rings. The predicted octanol–water partition coefficient (Wildman–Crippen LogP) is 1.25. The summed E-state index contributed by atoms with van der Waals surface area (Å²) in [7, 11) is 0. The molecule has 1 amide bonds. The Bertz CT molecular complexity index is 387. The second-order valence-electron chi connectivity index (χ2n) is 5.71. The molecule has 112 valence electrons. The lowest BCUT2D eigenvalue weighted by molar-refractivity contribution is -0.147. The normalized spacial score (nSPS) is 28.2. The van der Waals surface area contributed by atoms with Gasteiger partial charge in [0, 0.05) is 19.1 Å². The summed E-state index contributed by atoms with van der Waals surface area (Å²) in [6, 6.07) is 0.200. The third kappa shape index (κ3) is 3.60. The Hall–Kier alpha value is -1.36. The Morgan fingerprint density at radius 2 is 1.80 bits per heavy atom. The van der Waals surface area contributed by atoms with E-state index >= 15 is 0 Å². The van der Waals surface area contributed by atoms with Crippen LogP contribution in [0.4, 0.5) is 0 Å². The number of carbonyl (C=O) groups is 2. The van der Waals surface area contributed by atoms with E-state index in [-0.39, 0.29) is 11.9 Å². The Balaban J connectivity index is 1.88. The molecule has 0 aromatic carbocycles. The fourth-order valence-corrected chi connectivity index (χ4v) is 3.08. The second-order valence-corrected chi connectivity index (χ2v) is 5.71. The molecule has 0 aromatic rings. The highest BCUT2D eigenvalue weighted by molar-refractivity contribution is 5.85. The van der Waals surface area contributed by atoms with Gasteiger partial charge in [-0.2, -0.15) is 0 Å². The van der Waals surface area contributed by atoms with E-state index < -0.39 is 17.8 Å². The van der Waals surface area contributed by atoms with Crippen LogP contribution in [0.5, 0.6) is 0 Å². The number of carboxylic acid groups (broad SMARTS) is 1. The van der Waals surface area contributed by atoms with E-state index in [0.29, 0.717) is 12.8 Å². The van der Waals surface area contributed by atoms with Crippen molar-refractivity contribution in [1.29, 1.82) is 0 Å². The van der Waals surface area contributed by atoms with Crippen LogP contribution < -0.4 is 5.32 Å². The largest absolute Gasteiger partial charge is 0.481 e. The van der Waals surface area contributed by atoms with E-state index in [4.69, 9.17) is 0 Å². The molecular weight excluding hydrogens is 256 g/mol. The van der Waals surface area contributed by atoms with Gasteiger partial charge in [-0.1, -0.05) is 19.1 Å². The van der Waals surface area contributed by atoms with Gasteiger partial charge in [0.1, 0.15) is 0 Å². The van der Waals surface area contributed by atoms with Gasteiger partial charge in [0.05, 0.1) is 11.8 Å². The van der Waals surface area contributed by atoms with Gasteiger partial charge in [0.15, 0.2) is 0 Å². The number of hydrogen-bond donors (Lipinski definition) is 2. The van der Waals surface area contributed by atoms with E-state index in [9.17, 15) is 14.7 Å². The van der Waals surface area contributed by atoms with Gasteiger partial charge in [-0.25, -0.2) is 0 Å². The van der Waals surface area contributed by atoms with Gasteiger partial charge in [-0.15, -0.1) is 0 Å². The third-order valence-corrected chi connectivity index (χ3v) is 4.47. The molecule has 1 saturated heterocycles. The highest BCUT2D eigenvalue weighted by Gasteiger charge is 2.35. The maximum atomic E-state index is 12.3. The van der Waals surface area contributed by atoms with Crippen LogP contribution in [-0.4, -0.2) is 47.6 Å². The molecule has 20 heavy (non-hydrogen) atoms. The number of nitrogens with one attached hydrogen (secondary N) is 1. The average molecular weight is 280 g/mol. The number of hydrogen-bond acceptors (Lipinski definition) is 3. The van der Waals surface area contributed by atoms with Crippen molar-refractivity contribution in [1.82, 2.24) is 10.2 Å². The second kappa shape index (κ2) is 6.88. The monoisotopic (exact) mass is 280 g/mol. The molecule has 1 heterocycles. The molecule has 0 bridgehead atoms. The Kier molecular flexibility index (Phi) is 5.17. The Morgan fingerprint density at radius 3 is 2.35 bits per heavy atom. The van der Waals surface area contributed by atoms with Gasteiger partial charge in [-0.3, -0.25) is 9.59 Å². The van der Waals surface area contributed by atoms with Crippen molar-refractivity contribution in [2.45, 2.75) is 38.6 Å². The molecule has 0 spiro atoms. The van der Waals surface area contributed by atoms with Crippen LogP contribution in [0.3, 0.4) is 0 Å². The van der Waals surface area contributed by atoms with Crippen molar-refractivity contribution < 1.29 is 14.7 Å². The minimum atomic E-state index is -0.865. The van der Waals surface area contributed by atoms with Crippen LogP contribution in [0.25, 0.3) is 0 Å². The standard InChI is InChI=1S/C15H24N2O3/c1-2-17-9-7-11(8-10-17)16-14(18)12-5-3-4-6-13(12)15(19)20/h3-4,11-13H,2,5-10H2,1H3,(H,16,18)(H,19,20)/t12-,13+/m0/s1. The van der Waals surface area contributed by atoms with Crippen molar-refractivity contribution in [3.63, 3.8) is 0 Å². The van der Waals surface area contributed by atoms with Crippen LogP contribution in [-0.2, 0) is 9.59 Å². The number of aliphatic carboxylic acids is 1. The van der Waals surface area contributed by atoms with E-state index in [1.807, 2.05) is 12.2 Å². The van der Waals surface area contributed by atoms with Crippen LogP contribution in [0.2, 0.25) is 0 Å². The van der Waals surface area contributed by atoms with Crippen LogP contribution in [0, 0.1) is 11.8 Å². The fraction of sp³-hybridized carbons (Fsp3) is 0.733. The Morgan fingerprint density at radius 1 is 1.20 bits per heavy atom. The van der Waals surface area contributed by atoms with Crippen molar-refractivity contribution in [2.24, 2.45) is 11.8 Å². The maximum Gasteiger partial charge on any atom is 0.307 e. The zero-order chi connectivity index (χ0) is 14.5. The van der Waals surface area contributed by atoms with Crippen molar-refractivity contribution in [2.75, 3.05) is 19.6 Å². The average Bonchev–Trinajstić information content (AvgIpc) is 2.48. The third-order valence-electron chi connectivity index (χ3n) is 4.47. The lowest BCUT2D eigenvalue weighted by Crippen LogP contribution is -2.48.